The minimum absolute atomic E-state index is 0.130. The van der Waals surface area contributed by atoms with Gasteiger partial charge in [-0.2, -0.15) is 0 Å². The van der Waals surface area contributed by atoms with Gasteiger partial charge in [0.1, 0.15) is 12.3 Å². The molecule has 0 spiro atoms. The third-order valence-corrected chi connectivity index (χ3v) is 4.83. The number of anilines is 2. The number of aryl methyl sites for hydroxylation is 1. The van der Waals surface area contributed by atoms with Crippen LogP contribution >= 0.6 is 0 Å². The lowest BCUT2D eigenvalue weighted by Crippen LogP contribution is -2.47. The van der Waals surface area contributed by atoms with Gasteiger partial charge in [0, 0.05) is 0 Å². The maximum Gasteiger partial charge on any atom is 0.344 e. The highest BCUT2D eigenvalue weighted by Gasteiger charge is 2.31. The van der Waals surface area contributed by atoms with E-state index in [9.17, 15) is 14.4 Å². The molecule has 0 aromatic heterocycles. The van der Waals surface area contributed by atoms with Gasteiger partial charge >= 0.3 is 5.97 Å². The number of fused-ring (bicyclic) bond motifs is 1. The van der Waals surface area contributed by atoms with Gasteiger partial charge in [-0.1, -0.05) is 38.1 Å². The number of amides is 2. The molecule has 0 saturated carbocycles. The zero-order valence-electron chi connectivity index (χ0n) is 17.6. The number of carbonyl (C=O) groups excluding carboxylic acids is 3. The Morgan fingerprint density at radius 2 is 1.87 bits per heavy atom. The van der Waals surface area contributed by atoms with Crippen molar-refractivity contribution in [2.45, 2.75) is 39.7 Å². The van der Waals surface area contributed by atoms with Gasteiger partial charge in [-0.15, -0.1) is 0 Å². The van der Waals surface area contributed by atoms with E-state index in [1.165, 1.54) is 11.8 Å². The lowest BCUT2D eigenvalue weighted by Gasteiger charge is -2.30. The smallest absolute Gasteiger partial charge is 0.344 e. The van der Waals surface area contributed by atoms with Crippen LogP contribution in [0, 0.1) is 6.92 Å². The van der Waals surface area contributed by atoms with Gasteiger partial charge in [-0.3, -0.25) is 14.5 Å². The molecule has 0 aliphatic carbocycles. The van der Waals surface area contributed by atoms with E-state index in [1.807, 2.05) is 39.0 Å². The predicted octanol–water partition coefficient (Wildman–Crippen LogP) is 3.41. The SMILES string of the molecule is Cc1ccc(C(C)C)c(OCC(=O)OC(C)C(=O)N2CC(=O)Nc3ccccc32)c1. The maximum atomic E-state index is 12.8. The molecule has 1 aliphatic heterocycles. The van der Waals surface area contributed by atoms with Crippen molar-refractivity contribution in [3.05, 3.63) is 53.6 Å². The van der Waals surface area contributed by atoms with Crippen LogP contribution < -0.4 is 15.0 Å². The third-order valence-electron chi connectivity index (χ3n) is 4.83. The summed E-state index contributed by atoms with van der Waals surface area (Å²) in [5, 5.41) is 2.72. The summed E-state index contributed by atoms with van der Waals surface area (Å²) in [6.45, 7) is 7.09. The minimum atomic E-state index is -1.05. The highest BCUT2D eigenvalue weighted by atomic mass is 16.6. The van der Waals surface area contributed by atoms with Crippen LogP contribution in [-0.2, 0) is 19.1 Å². The summed E-state index contributed by atoms with van der Waals surface area (Å²) >= 11 is 0. The predicted molar refractivity (Wildman–Crippen MR) is 114 cm³/mol. The first-order valence-electron chi connectivity index (χ1n) is 9.89. The molecule has 30 heavy (non-hydrogen) atoms. The molecule has 7 heteroatoms. The summed E-state index contributed by atoms with van der Waals surface area (Å²) in [4.78, 5) is 38.4. The normalized spacial score (nSPS) is 14.0. The van der Waals surface area contributed by atoms with Crippen molar-refractivity contribution in [2.24, 2.45) is 0 Å². The van der Waals surface area contributed by atoms with Crippen molar-refractivity contribution in [1.82, 2.24) is 0 Å². The number of carbonyl (C=O) groups is 3. The second kappa shape index (κ2) is 8.98. The molecule has 1 atom stereocenters. The van der Waals surface area contributed by atoms with Crippen molar-refractivity contribution in [3.8, 4) is 5.75 Å². The quantitative estimate of drug-likeness (QED) is 0.738. The average molecular weight is 410 g/mol. The first kappa shape index (κ1) is 21.4. The molecule has 2 aromatic carbocycles. The Morgan fingerprint density at radius 3 is 2.60 bits per heavy atom. The summed E-state index contributed by atoms with van der Waals surface area (Å²) in [7, 11) is 0. The van der Waals surface area contributed by atoms with E-state index in [0.717, 1.165) is 11.1 Å². The van der Waals surface area contributed by atoms with Crippen LogP contribution in [0.5, 0.6) is 5.75 Å². The highest BCUT2D eigenvalue weighted by Crippen LogP contribution is 2.30. The molecule has 1 heterocycles. The Morgan fingerprint density at radius 1 is 1.13 bits per heavy atom. The molecule has 1 aliphatic rings. The number of nitrogens with zero attached hydrogens (tertiary/aromatic N) is 1. The fourth-order valence-electron chi connectivity index (χ4n) is 3.31. The van der Waals surface area contributed by atoms with E-state index >= 15 is 0 Å². The number of ether oxygens (including phenoxy) is 2. The summed E-state index contributed by atoms with van der Waals surface area (Å²) in [5.41, 5.74) is 3.13. The van der Waals surface area contributed by atoms with E-state index in [0.29, 0.717) is 17.1 Å². The Hall–Kier alpha value is -3.35. The highest BCUT2D eigenvalue weighted by molar-refractivity contribution is 6.11. The number of benzene rings is 2. The molecule has 158 valence electrons. The number of para-hydroxylation sites is 2. The average Bonchev–Trinajstić information content (AvgIpc) is 2.70. The molecule has 0 radical (unpaired) electrons. The van der Waals surface area contributed by atoms with Crippen molar-refractivity contribution in [2.75, 3.05) is 23.4 Å². The Labute approximate surface area is 176 Å². The second-order valence-electron chi connectivity index (χ2n) is 7.61. The molecule has 1 unspecified atom stereocenters. The van der Waals surface area contributed by atoms with Crippen LogP contribution in [-0.4, -0.2) is 37.0 Å². The topological polar surface area (TPSA) is 84.9 Å². The number of nitrogens with one attached hydrogen (secondary N) is 1. The van der Waals surface area contributed by atoms with Crippen molar-refractivity contribution in [3.63, 3.8) is 0 Å². The Balaban J connectivity index is 1.63. The Bertz CT molecular complexity index is 970. The monoisotopic (exact) mass is 410 g/mol. The molecule has 0 fully saturated rings. The fraction of sp³-hybridized carbons (Fsp3) is 0.348. The number of hydrogen-bond donors (Lipinski definition) is 1. The van der Waals surface area contributed by atoms with Crippen molar-refractivity contribution >= 4 is 29.2 Å². The number of hydrogen-bond acceptors (Lipinski definition) is 5. The summed E-state index contributed by atoms with van der Waals surface area (Å²) < 4.78 is 11.0. The first-order valence-corrected chi connectivity index (χ1v) is 9.89. The molecule has 1 N–H and O–H groups in total. The molecule has 0 saturated heterocycles. The van der Waals surface area contributed by atoms with Gasteiger partial charge in [0.15, 0.2) is 12.7 Å². The molecule has 7 nitrogen and oxygen atoms in total. The van der Waals surface area contributed by atoms with E-state index in [-0.39, 0.29) is 25.0 Å². The van der Waals surface area contributed by atoms with Gasteiger partial charge in [0.2, 0.25) is 5.91 Å². The van der Waals surface area contributed by atoms with E-state index < -0.39 is 18.0 Å². The lowest BCUT2D eigenvalue weighted by molar-refractivity contribution is -0.155. The number of rotatable bonds is 6. The summed E-state index contributed by atoms with van der Waals surface area (Å²) in [6.07, 6.45) is -1.05. The standard InChI is InChI=1S/C23H26N2O5/c1-14(2)17-10-9-15(3)11-20(17)29-13-22(27)30-16(4)23(28)25-12-21(26)24-18-7-5-6-8-19(18)25/h5-11,14,16H,12-13H2,1-4H3,(H,24,26). The van der Waals surface area contributed by atoms with Crippen molar-refractivity contribution in [1.29, 1.82) is 0 Å². The second-order valence-corrected chi connectivity index (χ2v) is 7.61. The third kappa shape index (κ3) is 4.79. The largest absolute Gasteiger partial charge is 0.482 e. The molecule has 0 bridgehead atoms. The molecular weight excluding hydrogens is 384 g/mol. The molecule has 2 aromatic rings. The van der Waals surface area contributed by atoms with Gasteiger partial charge in [-0.05, 0) is 49.1 Å². The lowest BCUT2D eigenvalue weighted by atomic mass is 10.0. The maximum absolute atomic E-state index is 12.8. The van der Waals surface area contributed by atoms with Crippen LogP contribution in [0.3, 0.4) is 0 Å². The van der Waals surface area contributed by atoms with E-state index in [4.69, 9.17) is 9.47 Å². The molecule has 2 amide bonds. The summed E-state index contributed by atoms with van der Waals surface area (Å²) in [5.74, 6) is -0.555. The van der Waals surface area contributed by atoms with Crippen LogP contribution in [0.1, 0.15) is 37.8 Å². The van der Waals surface area contributed by atoms with Crippen molar-refractivity contribution < 1.29 is 23.9 Å². The van der Waals surface area contributed by atoms with Crippen LogP contribution in [0.2, 0.25) is 0 Å². The van der Waals surface area contributed by atoms with Gasteiger partial charge < -0.3 is 14.8 Å². The van der Waals surface area contributed by atoms with Crippen LogP contribution in [0.4, 0.5) is 11.4 Å². The van der Waals surface area contributed by atoms with Gasteiger partial charge in [-0.25, -0.2) is 4.79 Å². The zero-order chi connectivity index (χ0) is 21.8. The number of esters is 1. The zero-order valence-corrected chi connectivity index (χ0v) is 17.6. The molecule has 3 rings (SSSR count). The van der Waals surface area contributed by atoms with Crippen LogP contribution in [0.25, 0.3) is 0 Å². The van der Waals surface area contributed by atoms with Gasteiger partial charge in [0.05, 0.1) is 11.4 Å². The van der Waals surface area contributed by atoms with Gasteiger partial charge in [0.25, 0.3) is 5.91 Å². The van der Waals surface area contributed by atoms with E-state index in [1.54, 1.807) is 24.3 Å². The minimum Gasteiger partial charge on any atom is -0.482 e. The Kier molecular flexibility index (Phi) is 6.40. The van der Waals surface area contributed by atoms with Crippen LogP contribution in [0.15, 0.2) is 42.5 Å². The fourth-order valence-corrected chi connectivity index (χ4v) is 3.31. The summed E-state index contributed by atoms with van der Waals surface area (Å²) in [6, 6.07) is 12.8. The van der Waals surface area contributed by atoms with E-state index in [2.05, 4.69) is 5.32 Å². The first-order chi connectivity index (χ1) is 14.3. The molecular formula is C23H26N2O5.